The molecule has 6 heteroatoms. The van der Waals surface area contributed by atoms with Crippen LogP contribution in [0.25, 0.3) is 0 Å². The lowest BCUT2D eigenvalue weighted by molar-refractivity contribution is -0.137. The molecule has 2 rings (SSSR count). The zero-order valence-corrected chi connectivity index (χ0v) is 8.74. The normalized spacial score (nSPS) is 21.1. The Bertz CT molecular complexity index is 445. The van der Waals surface area contributed by atoms with Gasteiger partial charge < -0.3 is 10.0 Å². The third-order valence-corrected chi connectivity index (χ3v) is 2.66. The molecular weight excluding hydrogens is 235 g/mol. The van der Waals surface area contributed by atoms with Crippen LogP contribution >= 0.6 is 0 Å². The van der Waals surface area contributed by atoms with Gasteiger partial charge in [0, 0.05) is 18.7 Å². The van der Waals surface area contributed by atoms with Crippen molar-refractivity contribution in [3.8, 4) is 0 Å². The van der Waals surface area contributed by atoms with Crippen molar-refractivity contribution in [2.24, 2.45) is 0 Å². The minimum absolute atomic E-state index is 0.168. The number of carbonyl (C=O) groups is 1. The van der Waals surface area contributed by atoms with Gasteiger partial charge in [-0.25, -0.2) is 0 Å². The first-order chi connectivity index (χ1) is 7.89. The summed E-state index contributed by atoms with van der Waals surface area (Å²) in [6.45, 7) is 0.237. The molecule has 1 aliphatic rings. The Balaban J connectivity index is 2.31. The molecule has 0 aromatic heterocycles. The number of nitrogens with zero attached hydrogens (tertiary/aromatic N) is 1. The molecule has 0 unspecified atom stereocenters. The highest BCUT2D eigenvalue weighted by molar-refractivity contribution is 5.98. The summed E-state index contributed by atoms with van der Waals surface area (Å²) in [7, 11) is 0. The molecule has 0 radical (unpaired) electrons. The Labute approximate surface area is 95.5 Å². The van der Waals surface area contributed by atoms with Crippen molar-refractivity contribution in [3.05, 3.63) is 29.8 Å². The van der Waals surface area contributed by atoms with Gasteiger partial charge in [-0.1, -0.05) is 6.07 Å². The van der Waals surface area contributed by atoms with E-state index in [0.29, 0.717) is 0 Å². The molecule has 1 amide bonds. The quantitative estimate of drug-likeness (QED) is 0.819. The second-order valence-electron chi connectivity index (χ2n) is 3.84. The summed E-state index contributed by atoms with van der Waals surface area (Å²) in [4.78, 5) is 12.6. The smallest absolute Gasteiger partial charge is 0.383 e. The first-order valence-electron chi connectivity index (χ1n) is 5.06. The van der Waals surface area contributed by atoms with Crippen molar-refractivity contribution >= 4 is 11.6 Å². The van der Waals surface area contributed by atoms with Crippen molar-refractivity contribution in [2.75, 3.05) is 11.4 Å². The number of aliphatic hydroxyl groups is 1. The van der Waals surface area contributed by atoms with Gasteiger partial charge in [0.25, 0.3) is 5.91 Å². The Morgan fingerprint density at radius 1 is 1.35 bits per heavy atom. The molecule has 0 bridgehead atoms. The fraction of sp³-hybridized carbons (Fsp3) is 0.364. The van der Waals surface area contributed by atoms with Gasteiger partial charge in [0.1, 0.15) is 6.10 Å². The van der Waals surface area contributed by atoms with Crippen LogP contribution in [0.4, 0.5) is 18.9 Å². The van der Waals surface area contributed by atoms with Gasteiger partial charge >= 0.3 is 6.18 Å². The predicted octanol–water partition coefficient (Wildman–Crippen LogP) is 1.80. The molecule has 1 N–H and O–H groups in total. The molecule has 1 aromatic carbocycles. The molecule has 1 saturated heterocycles. The van der Waals surface area contributed by atoms with Crippen LogP contribution in [0.15, 0.2) is 24.3 Å². The molecule has 1 fully saturated rings. The van der Waals surface area contributed by atoms with Crippen LogP contribution in [-0.2, 0) is 11.0 Å². The van der Waals surface area contributed by atoms with Crippen LogP contribution in [0.3, 0.4) is 0 Å². The first-order valence-corrected chi connectivity index (χ1v) is 5.06. The maximum atomic E-state index is 12.5. The summed E-state index contributed by atoms with van der Waals surface area (Å²) in [5, 5.41) is 9.25. The van der Waals surface area contributed by atoms with Gasteiger partial charge in [-0.15, -0.1) is 0 Å². The number of benzene rings is 1. The van der Waals surface area contributed by atoms with Gasteiger partial charge in [-0.2, -0.15) is 13.2 Å². The first kappa shape index (κ1) is 11.9. The number of rotatable bonds is 1. The molecule has 0 aliphatic carbocycles. The Hall–Kier alpha value is -1.56. The minimum Gasteiger partial charge on any atom is -0.383 e. The Morgan fingerprint density at radius 3 is 2.59 bits per heavy atom. The third kappa shape index (κ3) is 2.26. The SMILES string of the molecule is O=C1[C@H](O)CCN1c1cccc(C(F)(F)F)c1. The van der Waals surface area contributed by atoms with Crippen LogP contribution in [0, 0.1) is 0 Å². The van der Waals surface area contributed by atoms with E-state index in [1.807, 2.05) is 0 Å². The maximum absolute atomic E-state index is 12.5. The molecule has 3 nitrogen and oxygen atoms in total. The van der Waals surface area contributed by atoms with Crippen molar-refractivity contribution in [1.82, 2.24) is 0 Å². The summed E-state index contributed by atoms with van der Waals surface area (Å²) >= 11 is 0. The summed E-state index contributed by atoms with van der Waals surface area (Å²) in [6, 6.07) is 4.53. The van der Waals surface area contributed by atoms with Crippen molar-refractivity contribution in [1.29, 1.82) is 0 Å². The maximum Gasteiger partial charge on any atom is 0.416 e. The lowest BCUT2D eigenvalue weighted by atomic mass is 10.2. The van der Waals surface area contributed by atoms with E-state index in [9.17, 15) is 23.1 Å². The molecule has 1 heterocycles. The van der Waals surface area contributed by atoms with Gasteiger partial charge in [-0.05, 0) is 18.2 Å². The zero-order chi connectivity index (χ0) is 12.6. The number of carbonyl (C=O) groups excluding carboxylic acids is 1. The average Bonchev–Trinajstić information content (AvgIpc) is 2.59. The average molecular weight is 245 g/mol. The van der Waals surface area contributed by atoms with Crippen molar-refractivity contribution in [2.45, 2.75) is 18.7 Å². The molecule has 92 valence electrons. The van der Waals surface area contributed by atoms with E-state index < -0.39 is 23.8 Å². The molecule has 1 aromatic rings. The van der Waals surface area contributed by atoms with Gasteiger partial charge in [0.2, 0.25) is 0 Å². The molecule has 1 aliphatic heterocycles. The number of hydrogen-bond acceptors (Lipinski definition) is 2. The summed E-state index contributed by atoms with van der Waals surface area (Å²) in [5.74, 6) is -0.552. The van der Waals surface area contributed by atoms with Crippen LogP contribution in [0.5, 0.6) is 0 Å². The second kappa shape index (κ2) is 4.03. The highest BCUT2D eigenvalue weighted by atomic mass is 19.4. The van der Waals surface area contributed by atoms with Gasteiger partial charge in [-0.3, -0.25) is 4.79 Å². The van der Waals surface area contributed by atoms with Crippen LogP contribution in [-0.4, -0.2) is 23.7 Å². The van der Waals surface area contributed by atoms with Gasteiger partial charge in [0.15, 0.2) is 0 Å². The molecule has 17 heavy (non-hydrogen) atoms. The lowest BCUT2D eigenvalue weighted by Crippen LogP contribution is -2.29. The number of amides is 1. The van der Waals surface area contributed by atoms with E-state index >= 15 is 0 Å². The number of hydrogen-bond donors (Lipinski definition) is 1. The molecule has 0 saturated carbocycles. The van der Waals surface area contributed by atoms with E-state index in [4.69, 9.17) is 0 Å². The largest absolute Gasteiger partial charge is 0.416 e. The standard InChI is InChI=1S/C11H10F3NO2/c12-11(13,14)7-2-1-3-8(6-7)15-5-4-9(16)10(15)17/h1-3,6,9,16H,4-5H2/t9-/m1/s1. The predicted molar refractivity (Wildman–Crippen MR) is 54.4 cm³/mol. The van der Waals surface area contributed by atoms with Crippen molar-refractivity contribution < 1.29 is 23.1 Å². The highest BCUT2D eigenvalue weighted by Gasteiger charge is 2.34. The Morgan fingerprint density at radius 2 is 2.06 bits per heavy atom. The molecular formula is C11H10F3NO2. The lowest BCUT2D eigenvalue weighted by Gasteiger charge is -2.17. The third-order valence-electron chi connectivity index (χ3n) is 2.66. The van der Waals surface area contributed by atoms with E-state index in [-0.39, 0.29) is 18.7 Å². The number of anilines is 1. The summed E-state index contributed by atoms with van der Waals surface area (Å²) < 4.78 is 37.4. The second-order valence-corrected chi connectivity index (χ2v) is 3.84. The minimum atomic E-state index is -4.43. The van der Waals surface area contributed by atoms with E-state index in [2.05, 4.69) is 0 Å². The fourth-order valence-corrected chi connectivity index (χ4v) is 1.77. The summed E-state index contributed by atoms with van der Waals surface area (Å²) in [5.41, 5.74) is -0.634. The van der Waals surface area contributed by atoms with E-state index in [0.717, 1.165) is 12.1 Å². The zero-order valence-electron chi connectivity index (χ0n) is 8.74. The summed E-state index contributed by atoms with van der Waals surface area (Å²) in [6.07, 6.45) is -5.29. The number of alkyl halides is 3. The van der Waals surface area contributed by atoms with Gasteiger partial charge in [0.05, 0.1) is 5.56 Å². The van der Waals surface area contributed by atoms with E-state index in [1.165, 1.54) is 17.0 Å². The number of halogens is 3. The van der Waals surface area contributed by atoms with Crippen LogP contribution in [0.1, 0.15) is 12.0 Å². The topological polar surface area (TPSA) is 40.5 Å². The highest BCUT2D eigenvalue weighted by Crippen LogP contribution is 2.32. The monoisotopic (exact) mass is 245 g/mol. The van der Waals surface area contributed by atoms with Crippen LogP contribution in [0.2, 0.25) is 0 Å². The number of aliphatic hydroxyl groups excluding tert-OH is 1. The van der Waals surface area contributed by atoms with Crippen molar-refractivity contribution in [3.63, 3.8) is 0 Å². The van der Waals surface area contributed by atoms with Crippen LogP contribution < -0.4 is 4.90 Å². The molecule has 0 spiro atoms. The van der Waals surface area contributed by atoms with E-state index in [1.54, 1.807) is 0 Å². The Kier molecular flexibility index (Phi) is 2.82. The molecule has 1 atom stereocenters. The fourth-order valence-electron chi connectivity index (χ4n) is 1.77.